The quantitative estimate of drug-likeness (QED) is 0.102. The molecule has 0 amide bonds. The summed E-state index contributed by atoms with van der Waals surface area (Å²) in [5.74, 6) is 1.84. The van der Waals surface area contributed by atoms with Crippen molar-refractivity contribution in [3.63, 3.8) is 0 Å². The fraction of sp³-hybridized carbons (Fsp3) is 0. The highest BCUT2D eigenvalue weighted by Crippen LogP contribution is 2.45. The fourth-order valence-electron chi connectivity index (χ4n) is 17.0. The van der Waals surface area contributed by atoms with Crippen molar-refractivity contribution in [3.8, 4) is 146 Å². The highest BCUT2D eigenvalue weighted by atomic mass is 15.1. The molecule has 0 spiro atoms. The van der Waals surface area contributed by atoms with Gasteiger partial charge in [0, 0.05) is 55.2 Å². The fourth-order valence-corrected chi connectivity index (χ4v) is 17.0. The van der Waals surface area contributed by atoms with Crippen molar-refractivity contribution < 1.29 is 0 Å². The second kappa shape index (κ2) is 30.6. The van der Waals surface area contributed by atoms with Crippen LogP contribution in [0.15, 0.2) is 449 Å². The van der Waals surface area contributed by atoms with E-state index in [0.717, 1.165) is 156 Å². The van der Waals surface area contributed by atoms with E-state index in [9.17, 15) is 0 Å². The topological polar surface area (TPSA) is 61.4 Å². The van der Waals surface area contributed by atoms with Gasteiger partial charge in [0.15, 0.2) is 0 Å². The van der Waals surface area contributed by atoms with Gasteiger partial charge in [-0.05, 0) is 173 Å². The van der Waals surface area contributed by atoms with E-state index in [2.05, 4.69) is 440 Å². The highest BCUT2D eigenvalue weighted by Gasteiger charge is 2.23. The highest BCUT2D eigenvalue weighted by molar-refractivity contribution is 6.18. The molecule has 4 aromatic heterocycles. The minimum Gasteiger partial charge on any atom is -0.292 e. The first-order valence-electron chi connectivity index (χ1n) is 40.1. The lowest BCUT2D eigenvalue weighted by atomic mass is 9.90. The number of aromatic nitrogens is 6. The molecule has 18 aromatic carbocycles. The number of benzene rings is 18. The standard InChI is InChI=1S/2C56H37N3/c1-5-15-38(16-6-1)40-25-29-42(30-26-40)50-37-52(43-31-27-41(28-32-43)39-17-7-2-8-18-39)57-55-48-24-14-13-23-47(48)49(36-51(50)55)45-33-34-54-53(35-45)58-56(44-19-9-3-10-20-44)59(54)46-21-11-4-12-22-46;1-4-14-38(15-5-1)40-24-28-42(29-25-40)50-37-53(44-30-26-41(27-31-44)39-16-6-2-7-17-39)57-55-48-21-11-10-20-47(48)49(36-51(50)55)43-32-34-46(35-33-43)59-54-23-13-12-22-52(54)58-56(59)45-18-8-3-9-19-45/h2*1-37H. The average molecular weight is 1500 g/mol. The predicted octanol–water partition coefficient (Wildman–Crippen LogP) is 29.5. The Morgan fingerprint density at radius 1 is 0.153 bits per heavy atom. The lowest BCUT2D eigenvalue weighted by Gasteiger charge is -2.17. The molecule has 0 aliphatic rings. The van der Waals surface area contributed by atoms with Crippen LogP contribution in [0.3, 0.4) is 0 Å². The lowest BCUT2D eigenvalue weighted by Crippen LogP contribution is -1.97. The normalized spacial score (nSPS) is 11.4. The van der Waals surface area contributed by atoms with Gasteiger partial charge in [-0.25, -0.2) is 19.9 Å². The SMILES string of the molecule is c1ccc(-c2ccc(-c3cc(-c4ccc(-c5ccccc5)cc4)c4cc(-c5ccc(-n6c(-c7ccccc7)nc7ccccc76)cc5)c5ccccc5c4n3)cc2)cc1.c1ccc(-c2ccc(-c3cc(-c4ccc(-c5ccccc5)cc4)c4cc(-c5ccc6c(c5)nc(-c5ccccc5)n6-c5ccccc5)c5ccccc5c4n3)cc2)cc1. The summed E-state index contributed by atoms with van der Waals surface area (Å²) in [4.78, 5) is 21.3. The number of imidazole rings is 2. The summed E-state index contributed by atoms with van der Waals surface area (Å²) in [5.41, 5.74) is 33.1. The van der Waals surface area contributed by atoms with E-state index >= 15 is 0 Å². The molecule has 0 atom stereocenters. The van der Waals surface area contributed by atoms with Crippen LogP contribution in [0, 0.1) is 0 Å². The second-order valence-electron chi connectivity index (χ2n) is 30.0. The molecule has 6 nitrogen and oxygen atoms in total. The number of para-hydroxylation sites is 3. The first-order chi connectivity index (χ1) is 58.5. The van der Waals surface area contributed by atoms with Crippen LogP contribution in [0.5, 0.6) is 0 Å². The summed E-state index contributed by atoms with van der Waals surface area (Å²) in [6.07, 6.45) is 0. The smallest absolute Gasteiger partial charge is 0.145 e. The monoisotopic (exact) mass is 1500 g/mol. The lowest BCUT2D eigenvalue weighted by molar-refractivity contribution is 1.10. The van der Waals surface area contributed by atoms with Gasteiger partial charge in [-0.3, -0.25) is 9.13 Å². The van der Waals surface area contributed by atoms with Crippen LogP contribution in [-0.4, -0.2) is 29.1 Å². The van der Waals surface area contributed by atoms with Crippen LogP contribution in [0.2, 0.25) is 0 Å². The van der Waals surface area contributed by atoms with E-state index in [1.54, 1.807) is 0 Å². The van der Waals surface area contributed by atoms with Crippen molar-refractivity contribution in [1.29, 1.82) is 0 Å². The van der Waals surface area contributed by atoms with E-state index < -0.39 is 0 Å². The molecule has 0 unspecified atom stereocenters. The third-order valence-electron chi connectivity index (χ3n) is 22.9. The van der Waals surface area contributed by atoms with Crippen LogP contribution in [-0.2, 0) is 0 Å². The predicted molar refractivity (Wildman–Crippen MR) is 493 cm³/mol. The summed E-state index contributed by atoms with van der Waals surface area (Å²) in [6.45, 7) is 0. The van der Waals surface area contributed by atoms with Gasteiger partial charge in [-0.2, -0.15) is 0 Å². The summed E-state index contributed by atoms with van der Waals surface area (Å²) in [5, 5.41) is 6.79. The average Bonchev–Trinajstić information content (AvgIpc) is 0.835. The Morgan fingerprint density at radius 3 is 0.831 bits per heavy atom. The van der Waals surface area contributed by atoms with E-state index in [1.807, 2.05) is 18.2 Å². The van der Waals surface area contributed by atoms with Crippen LogP contribution in [0.4, 0.5) is 0 Å². The Kier molecular flexibility index (Phi) is 18.2. The molecule has 0 N–H and O–H groups in total. The molecule has 22 rings (SSSR count). The molecule has 552 valence electrons. The maximum absolute atomic E-state index is 5.48. The van der Waals surface area contributed by atoms with Crippen molar-refractivity contribution >= 4 is 65.4 Å². The van der Waals surface area contributed by atoms with E-state index in [1.165, 1.54) is 55.5 Å². The number of rotatable bonds is 14. The van der Waals surface area contributed by atoms with E-state index in [0.29, 0.717) is 0 Å². The summed E-state index contributed by atoms with van der Waals surface area (Å²) in [7, 11) is 0. The number of hydrogen-bond acceptors (Lipinski definition) is 4. The molecule has 0 bridgehead atoms. The van der Waals surface area contributed by atoms with Gasteiger partial charge in [0.05, 0.1) is 44.5 Å². The Balaban J connectivity index is 0.000000147. The first kappa shape index (κ1) is 70.1. The van der Waals surface area contributed by atoms with Crippen LogP contribution >= 0.6 is 0 Å². The number of hydrogen-bond donors (Lipinski definition) is 0. The molecule has 0 saturated carbocycles. The zero-order valence-electron chi connectivity index (χ0n) is 64.4. The van der Waals surface area contributed by atoms with Crippen molar-refractivity contribution in [2.24, 2.45) is 0 Å². The van der Waals surface area contributed by atoms with E-state index in [-0.39, 0.29) is 0 Å². The molecule has 0 saturated heterocycles. The zero-order chi connectivity index (χ0) is 78.2. The molecule has 6 heteroatoms. The maximum Gasteiger partial charge on any atom is 0.145 e. The van der Waals surface area contributed by atoms with Gasteiger partial charge in [-0.1, -0.05) is 376 Å². The summed E-state index contributed by atoms with van der Waals surface area (Å²) >= 11 is 0. The molecular weight excluding hydrogens is 1430 g/mol. The molecular formula is C112H74N6. The number of fused-ring (bicyclic) bond motifs is 8. The molecule has 22 aromatic rings. The van der Waals surface area contributed by atoms with Gasteiger partial charge in [0.1, 0.15) is 11.6 Å². The number of pyridine rings is 2. The third kappa shape index (κ3) is 13.3. The summed E-state index contributed by atoms with van der Waals surface area (Å²) in [6, 6.07) is 160. The molecule has 0 fully saturated rings. The number of nitrogens with zero attached hydrogens (tertiary/aromatic N) is 6. The van der Waals surface area contributed by atoms with Gasteiger partial charge < -0.3 is 0 Å². The minimum atomic E-state index is 0.919. The van der Waals surface area contributed by atoms with Crippen LogP contribution < -0.4 is 0 Å². The van der Waals surface area contributed by atoms with Gasteiger partial charge in [-0.15, -0.1) is 0 Å². The molecule has 0 aliphatic carbocycles. The molecule has 0 aliphatic heterocycles. The van der Waals surface area contributed by atoms with Crippen molar-refractivity contribution in [3.05, 3.63) is 449 Å². The Bertz CT molecular complexity index is 7420. The Labute approximate surface area is 684 Å². The summed E-state index contributed by atoms with van der Waals surface area (Å²) < 4.78 is 4.53. The first-order valence-corrected chi connectivity index (χ1v) is 40.1. The largest absolute Gasteiger partial charge is 0.292 e. The van der Waals surface area contributed by atoms with Crippen molar-refractivity contribution in [2.75, 3.05) is 0 Å². The van der Waals surface area contributed by atoms with Crippen molar-refractivity contribution in [2.45, 2.75) is 0 Å². The van der Waals surface area contributed by atoms with E-state index in [4.69, 9.17) is 19.9 Å². The molecule has 118 heavy (non-hydrogen) atoms. The Morgan fingerprint density at radius 2 is 0.424 bits per heavy atom. The third-order valence-corrected chi connectivity index (χ3v) is 22.9. The van der Waals surface area contributed by atoms with Crippen LogP contribution in [0.1, 0.15) is 0 Å². The molecule has 0 radical (unpaired) electrons. The van der Waals surface area contributed by atoms with Crippen LogP contribution in [0.25, 0.3) is 211 Å². The molecule has 4 heterocycles. The minimum absolute atomic E-state index is 0.919. The second-order valence-corrected chi connectivity index (χ2v) is 30.0. The maximum atomic E-state index is 5.48. The van der Waals surface area contributed by atoms with Gasteiger partial charge >= 0.3 is 0 Å². The zero-order valence-corrected chi connectivity index (χ0v) is 64.4. The van der Waals surface area contributed by atoms with Gasteiger partial charge in [0.2, 0.25) is 0 Å². The Hall–Kier alpha value is -15.8. The van der Waals surface area contributed by atoms with Gasteiger partial charge in [0.25, 0.3) is 0 Å². The van der Waals surface area contributed by atoms with Crippen molar-refractivity contribution in [1.82, 2.24) is 29.1 Å².